The molecule has 1 aromatic rings. The van der Waals surface area contributed by atoms with Gasteiger partial charge in [-0.3, -0.25) is 4.68 Å². The lowest BCUT2D eigenvalue weighted by Crippen LogP contribution is -2.47. The first-order chi connectivity index (χ1) is 9.93. The molecule has 0 spiro atoms. The van der Waals surface area contributed by atoms with Gasteiger partial charge in [0.15, 0.2) is 0 Å². The minimum atomic E-state index is -0.0131. The molecule has 118 valence electrons. The van der Waals surface area contributed by atoms with Crippen LogP contribution in [-0.2, 0) is 7.05 Å². The minimum Gasteiger partial charge on any atom is -0.331 e. The Labute approximate surface area is 131 Å². The van der Waals surface area contributed by atoms with E-state index in [0.717, 1.165) is 42.2 Å². The molecule has 21 heavy (non-hydrogen) atoms. The Morgan fingerprint density at radius 2 is 2.24 bits per heavy atom. The third-order valence-electron chi connectivity index (χ3n) is 4.22. The van der Waals surface area contributed by atoms with E-state index in [1.807, 2.05) is 49.2 Å². The lowest BCUT2D eigenvalue weighted by atomic mass is 10.1. The first-order valence-corrected chi connectivity index (χ1v) is 8.66. The van der Waals surface area contributed by atoms with Gasteiger partial charge in [0, 0.05) is 42.4 Å². The first-order valence-electron chi connectivity index (χ1n) is 7.61. The second-order valence-electron chi connectivity index (χ2n) is 5.73. The number of urea groups is 1. The summed E-state index contributed by atoms with van der Waals surface area (Å²) in [5, 5.41) is 8.13. The van der Waals surface area contributed by atoms with E-state index in [2.05, 4.69) is 17.3 Å². The van der Waals surface area contributed by atoms with Crippen molar-refractivity contribution in [3.63, 3.8) is 0 Å². The van der Waals surface area contributed by atoms with Crippen LogP contribution in [0.15, 0.2) is 0 Å². The van der Waals surface area contributed by atoms with Gasteiger partial charge >= 0.3 is 6.03 Å². The molecule has 2 rings (SSSR count). The average Bonchev–Trinajstić information content (AvgIpc) is 2.72. The molecule has 0 aromatic carbocycles. The molecule has 2 heterocycles. The highest BCUT2D eigenvalue weighted by molar-refractivity contribution is 8.00. The Kier molecular flexibility index (Phi) is 5.19. The second-order valence-corrected chi connectivity index (χ2v) is 7.13. The number of nitrogens with zero attached hydrogens (tertiary/aromatic N) is 3. The van der Waals surface area contributed by atoms with E-state index in [-0.39, 0.29) is 12.1 Å². The molecule has 2 atom stereocenters. The summed E-state index contributed by atoms with van der Waals surface area (Å²) in [6.07, 6.45) is 1.12. The van der Waals surface area contributed by atoms with Crippen LogP contribution in [0.2, 0.25) is 0 Å². The zero-order valence-electron chi connectivity index (χ0n) is 13.6. The molecule has 1 fully saturated rings. The second kappa shape index (κ2) is 6.73. The summed E-state index contributed by atoms with van der Waals surface area (Å²) in [5.74, 6) is 1.03. The number of carbonyl (C=O) groups is 1. The Morgan fingerprint density at radius 1 is 1.52 bits per heavy atom. The lowest BCUT2D eigenvalue weighted by molar-refractivity contribution is 0.196. The van der Waals surface area contributed by atoms with E-state index in [4.69, 9.17) is 0 Å². The maximum Gasteiger partial charge on any atom is 0.317 e. The number of hydrogen-bond acceptors (Lipinski definition) is 3. The summed E-state index contributed by atoms with van der Waals surface area (Å²) in [6, 6.07) is 0.0322. The number of amides is 2. The summed E-state index contributed by atoms with van der Waals surface area (Å²) in [7, 11) is 1.94. The van der Waals surface area contributed by atoms with E-state index in [1.165, 1.54) is 0 Å². The number of hydrogen-bond donors (Lipinski definition) is 1. The molecular weight excluding hydrogens is 284 g/mol. The summed E-state index contributed by atoms with van der Waals surface area (Å²) in [6.45, 7) is 9.95. The molecule has 1 saturated heterocycles. The third kappa shape index (κ3) is 3.54. The Hall–Kier alpha value is -1.17. The summed E-state index contributed by atoms with van der Waals surface area (Å²) >= 11 is 1.97. The summed E-state index contributed by atoms with van der Waals surface area (Å²) in [5.41, 5.74) is 3.23. The quantitative estimate of drug-likeness (QED) is 0.934. The molecule has 5 nitrogen and oxygen atoms in total. The van der Waals surface area contributed by atoms with Gasteiger partial charge in [-0.2, -0.15) is 16.9 Å². The van der Waals surface area contributed by atoms with E-state index >= 15 is 0 Å². The minimum absolute atomic E-state index is 0.0131. The van der Waals surface area contributed by atoms with Crippen molar-refractivity contribution < 1.29 is 4.79 Å². The SMILES string of the molecule is CC[C@@H]1CN(C(=O)N[C@H](C)c2c(C)nn(C)c2C)CCS1. The third-order valence-corrected chi connectivity index (χ3v) is 5.59. The van der Waals surface area contributed by atoms with Gasteiger partial charge in [-0.1, -0.05) is 6.92 Å². The van der Waals surface area contributed by atoms with Crippen molar-refractivity contribution in [2.45, 2.75) is 45.4 Å². The molecule has 0 aliphatic carbocycles. The zero-order valence-corrected chi connectivity index (χ0v) is 14.5. The van der Waals surface area contributed by atoms with Crippen LogP contribution < -0.4 is 5.32 Å². The van der Waals surface area contributed by atoms with Gasteiger partial charge in [0.25, 0.3) is 0 Å². The normalized spacial score (nSPS) is 20.4. The van der Waals surface area contributed by atoms with Gasteiger partial charge in [0.05, 0.1) is 11.7 Å². The Balaban J connectivity index is 2.02. The molecule has 1 aliphatic heterocycles. The molecule has 0 unspecified atom stereocenters. The number of aromatic nitrogens is 2. The standard InChI is InChI=1S/C15H26N4OS/c1-6-13-9-19(7-8-21-13)15(20)16-10(2)14-11(3)17-18(5)12(14)4/h10,13H,6-9H2,1-5H3,(H,16,20)/t10-,13-/m1/s1. The van der Waals surface area contributed by atoms with Gasteiger partial charge in [0.1, 0.15) is 0 Å². The molecule has 1 aliphatic rings. The monoisotopic (exact) mass is 310 g/mol. The average molecular weight is 310 g/mol. The molecule has 0 radical (unpaired) electrons. The fraction of sp³-hybridized carbons (Fsp3) is 0.733. The number of nitrogens with one attached hydrogen (secondary N) is 1. The van der Waals surface area contributed by atoms with Gasteiger partial charge < -0.3 is 10.2 Å². The largest absolute Gasteiger partial charge is 0.331 e. The van der Waals surface area contributed by atoms with Crippen molar-refractivity contribution >= 4 is 17.8 Å². The predicted octanol–water partition coefficient (Wildman–Crippen LogP) is 2.63. The van der Waals surface area contributed by atoms with Gasteiger partial charge in [0.2, 0.25) is 0 Å². The molecule has 0 bridgehead atoms. The van der Waals surface area contributed by atoms with Crippen LogP contribution in [0.5, 0.6) is 0 Å². The lowest BCUT2D eigenvalue weighted by Gasteiger charge is -2.32. The van der Waals surface area contributed by atoms with Crippen LogP contribution >= 0.6 is 11.8 Å². The molecular formula is C15H26N4OS. The highest BCUT2D eigenvalue weighted by Crippen LogP contribution is 2.23. The van der Waals surface area contributed by atoms with Crippen molar-refractivity contribution in [3.8, 4) is 0 Å². The number of carbonyl (C=O) groups excluding carboxylic acids is 1. The highest BCUT2D eigenvalue weighted by Gasteiger charge is 2.25. The van der Waals surface area contributed by atoms with Gasteiger partial charge in [-0.05, 0) is 27.2 Å². The van der Waals surface area contributed by atoms with Crippen LogP contribution in [0, 0.1) is 13.8 Å². The maximum absolute atomic E-state index is 12.5. The smallest absolute Gasteiger partial charge is 0.317 e. The Morgan fingerprint density at radius 3 is 2.81 bits per heavy atom. The van der Waals surface area contributed by atoms with E-state index in [0.29, 0.717) is 5.25 Å². The van der Waals surface area contributed by atoms with Crippen LogP contribution in [0.1, 0.15) is 43.3 Å². The van der Waals surface area contributed by atoms with E-state index in [9.17, 15) is 4.79 Å². The molecule has 0 saturated carbocycles. The molecule has 2 amide bonds. The molecule has 6 heteroatoms. The predicted molar refractivity (Wildman–Crippen MR) is 87.7 cm³/mol. The Bertz CT molecular complexity index is 514. The van der Waals surface area contributed by atoms with Crippen molar-refractivity contribution in [2.24, 2.45) is 7.05 Å². The number of rotatable bonds is 3. The van der Waals surface area contributed by atoms with Crippen LogP contribution in [0.25, 0.3) is 0 Å². The van der Waals surface area contributed by atoms with Crippen molar-refractivity contribution in [2.75, 3.05) is 18.8 Å². The van der Waals surface area contributed by atoms with Crippen LogP contribution in [0.4, 0.5) is 4.79 Å². The molecule has 1 N–H and O–H groups in total. The van der Waals surface area contributed by atoms with E-state index < -0.39 is 0 Å². The van der Waals surface area contributed by atoms with Gasteiger partial charge in [-0.15, -0.1) is 0 Å². The van der Waals surface area contributed by atoms with Gasteiger partial charge in [-0.25, -0.2) is 4.79 Å². The highest BCUT2D eigenvalue weighted by atomic mass is 32.2. The molecule has 1 aromatic heterocycles. The van der Waals surface area contributed by atoms with Crippen molar-refractivity contribution in [3.05, 3.63) is 17.0 Å². The number of thioether (sulfide) groups is 1. The van der Waals surface area contributed by atoms with Crippen LogP contribution in [-0.4, -0.2) is 44.8 Å². The van der Waals surface area contributed by atoms with E-state index in [1.54, 1.807) is 0 Å². The van der Waals surface area contributed by atoms with Crippen LogP contribution in [0.3, 0.4) is 0 Å². The fourth-order valence-electron chi connectivity index (χ4n) is 2.92. The van der Waals surface area contributed by atoms with Crippen molar-refractivity contribution in [1.82, 2.24) is 20.0 Å². The first kappa shape index (κ1) is 16.2. The van der Waals surface area contributed by atoms with Crippen molar-refractivity contribution in [1.29, 1.82) is 0 Å². The topological polar surface area (TPSA) is 50.2 Å². The summed E-state index contributed by atoms with van der Waals surface area (Å²) in [4.78, 5) is 14.4. The number of aryl methyl sites for hydroxylation is 2. The zero-order chi connectivity index (χ0) is 15.6. The maximum atomic E-state index is 12.5. The summed E-state index contributed by atoms with van der Waals surface area (Å²) < 4.78 is 1.87. The fourth-order valence-corrected chi connectivity index (χ4v) is 4.10.